The summed E-state index contributed by atoms with van der Waals surface area (Å²) in [6, 6.07) is 2.16. The monoisotopic (exact) mass is 368 g/mol. The van der Waals surface area contributed by atoms with Crippen LogP contribution in [0.4, 0.5) is 30.7 Å². The SMILES string of the molecule is COCc1cc(Br)cc(C(F)(C(F)(F)F)C(F)(F)F)c1. The van der Waals surface area contributed by atoms with Crippen LogP contribution < -0.4 is 0 Å². The van der Waals surface area contributed by atoms with E-state index < -0.39 is 23.6 Å². The van der Waals surface area contributed by atoms with Crippen LogP contribution in [0.3, 0.4) is 0 Å². The van der Waals surface area contributed by atoms with Crippen LogP contribution in [-0.4, -0.2) is 19.5 Å². The topological polar surface area (TPSA) is 9.23 Å². The Kier molecular flexibility index (Phi) is 4.75. The highest BCUT2D eigenvalue weighted by atomic mass is 79.9. The Labute approximate surface area is 117 Å². The van der Waals surface area contributed by atoms with Crippen LogP contribution in [0.2, 0.25) is 0 Å². The molecule has 0 saturated carbocycles. The normalized spacial score (nSPS) is 13.7. The number of hydrogen-bond acceptors (Lipinski definition) is 1. The summed E-state index contributed by atoms with van der Waals surface area (Å²) in [5.74, 6) is 0. The molecule has 0 aliphatic heterocycles. The fourth-order valence-corrected chi connectivity index (χ4v) is 2.13. The summed E-state index contributed by atoms with van der Waals surface area (Å²) < 4.78 is 93.9. The van der Waals surface area contributed by atoms with Gasteiger partial charge in [0.1, 0.15) is 0 Å². The summed E-state index contributed by atoms with van der Waals surface area (Å²) in [5.41, 5.74) is -7.00. The summed E-state index contributed by atoms with van der Waals surface area (Å²) >= 11 is 2.75. The molecule has 1 aromatic carbocycles. The predicted molar refractivity (Wildman–Crippen MR) is 59.8 cm³/mol. The van der Waals surface area contributed by atoms with Crippen LogP contribution in [0.25, 0.3) is 0 Å². The molecule has 0 aromatic heterocycles. The molecule has 0 unspecified atom stereocenters. The van der Waals surface area contributed by atoms with Gasteiger partial charge in [-0.1, -0.05) is 15.9 Å². The van der Waals surface area contributed by atoms with E-state index in [1.807, 2.05) is 0 Å². The van der Waals surface area contributed by atoms with Gasteiger partial charge < -0.3 is 4.74 Å². The lowest BCUT2D eigenvalue weighted by atomic mass is 9.93. The Balaban J connectivity index is 3.51. The van der Waals surface area contributed by atoms with E-state index in [2.05, 4.69) is 20.7 Å². The maximum atomic E-state index is 13.8. The Morgan fingerprint density at radius 2 is 1.45 bits per heavy atom. The van der Waals surface area contributed by atoms with Crippen molar-refractivity contribution in [1.29, 1.82) is 0 Å². The second-order valence-electron chi connectivity index (χ2n) is 3.94. The van der Waals surface area contributed by atoms with Crippen molar-refractivity contribution < 1.29 is 35.5 Å². The molecule has 0 saturated heterocycles. The number of methoxy groups -OCH3 is 1. The smallest absolute Gasteiger partial charge is 0.380 e. The van der Waals surface area contributed by atoms with Gasteiger partial charge in [-0.2, -0.15) is 26.3 Å². The first-order chi connectivity index (χ1) is 8.93. The number of benzene rings is 1. The van der Waals surface area contributed by atoms with Crippen molar-refractivity contribution in [1.82, 2.24) is 0 Å². The summed E-state index contributed by atoms with van der Waals surface area (Å²) in [4.78, 5) is 0. The molecule has 0 aliphatic rings. The average molecular weight is 369 g/mol. The quantitative estimate of drug-likeness (QED) is 0.690. The standard InChI is InChI=1S/C11H8BrF7O/c1-20-5-6-2-7(4-8(12)3-6)9(13,10(14,15)16)11(17,18)19/h2-4H,5H2,1H3. The molecule has 0 bridgehead atoms. The second-order valence-corrected chi connectivity index (χ2v) is 4.85. The van der Waals surface area contributed by atoms with Crippen LogP contribution in [0.5, 0.6) is 0 Å². The molecule has 0 N–H and O–H groups in total. The van der Waals surface area contributed by atoms with Gasteiger partial charge in [-0.05, 0) is 23.8 Å². The van der Waals surface area contributed by atoms with E-state index in [0.717, 1.165) is 0 Å². The highest BCUT2D eigenvalue weighted by Crippen LogP contribution is 2.53. The third kappa shape index (κ3) is 3.08. The summed E-state index contributed by atoms with van der Waals surface area (Å²) in [7, 11) is 1.21. The molecular weight excluding hydrogens is 361 g/mol. The number of hydrogen-bond donors (Lipinski definition) is 0. The lowest BCUT2D eigenvalue weighted by Gasteiger charge is -2.30. The van der Waals surface area contributed by atoms with Crippen molar-refractivity contribution in [2.45, 2.75) is 24.6 Å². The van der Waals surface area contributed by atoms with Gasteiger partial charge in [0.2, 0.25) is 0 Å². The van der Waals surface area contributed by atoms with Gasteiger partial charge in [0.15, 0.2) is 0 Å². The lowest BCUT2D eigenvalue weighted by molar-refractivity contribution is -0.348. The van der Waals surface area contributed by atoms with Crippen LogP contribution >= 0.6 is 15.9 Å². The van der Waals surface area contributed by atoms with Gasteiger partial charge in [-0.25, -0.2) is 4.39 Å². The highest BCUT2D eigenvalue weighted by Gasteiger charge is 2.73. The highest BCUT2D eigenvalue weighted by molar-refractivity contribution is 9.10. The number of alkyl halides is 7. The van der Waals surface area contributed by atoms with Crippen molar-refractivity contribution in [3.8, 4) is 0 Å². The zero-order valence-corrected chi connectivity index (χ0v) is 11.5. The Bertz CT molecular complexity index is 467. The van der Waals surface area contributed by atoms with Crippen LogP contribution in [-0.2, 0) is 17.0 Å². The van der Waals surface area contributed by atoms with Crippen molar-refractivity contribution >= 4 is 15.9 Å². The predicted octanol–water partition coefficient (Wildman–Crippen LogP) is 4.88. The van der Waals surface area contributed by atoms with E-state index in [-0.39, 0.29) is 16.6 Å². The maximum absolute atomic E-state index is 13.8. The first-order valence-electron chi connectivity index (χ1n) is 5.04. The van der Waals surface area contributed by atoms with E-state index >= 15 is 0 Å². The van der Waals surface area contributed by atoms with Crippen LogP contribution in [0, 0.1) is 0 Å². The van der Waals surface area contributed by atoms with E-state index in [0.29, 0.717) is 12.1 Å². The minimum absolute atomic E-state index is 0.0209. The largest absolute Gasteiger partial charge is 0.435 e. The van der Waals surface area contributed by atoms with Gasteiger partial charge in [0.05, 0.1) is 6.61 Å². The van der Waals surface area contributed by atoms with E-state index in [4.69, 9.17) is 0 Å². The minimum atomic E-state index is -6.13. The number of rotatable bonds is 3. The van der Waals surface area contributed by atoms with Crippen molar-refractivity contribution in [2.75, 3.05) is 7.11 Å². The zero-order valence-electron chi connectivity index (χ0n) is 9.87. The van der Waals surface area contributed by atoms with Crippen molar-refractivity contribution in [3.05, 3.63) is 33.8 Å². The molecule has 0 aliphatic carbocycles. The van der Waals surface area contributed by atoms with Gasteiger partial charge in [-0.15, -0.1) is 0 Å². The molecule has 9 heteroatoms. The zero-order chi connectivity index (χ0) is 15.8. The number of halogens is 8. The van der Waals surface area contributed by atoms with Crippen LogP contribution in [0.1, 0.15) is 11.1 Å². The molecule has 1 aromatic rings. The first kappa shape index (κ1) is 17.2. The summed E-state index contributed by atoms with van der Waals surface area (Å²) in [6.07, 6.45) is -12.3. The van der Waals surface area contributed by atoms with E-state index in [9.17, 15) is 30.7 Å². The molecule has 20 heavy (non-hydrogen) atoms. The lowest BCUT2D eigenvalue weighted by Crippen LogP contribution is -2.50. The first-order valence-corrected chi connectivity index (χ1v) is 5.84. The average Bonchev–Trinajstić information content (AvgIpc) is 2.24. The molecule has 0 radical (unpaired) electrons. The van der Waals surface area contributed by atoms with Crippen molar-refractivity contribution in [2.24, 2.45) is 0 Å². The second kappa shape index (κ2) is 5.51. The van der Waals surface area contributed by atoms with Gasteiger partial charge in [0, 0.05) is 17.1 Å². The fourth-order valence-electron chi connectivity index (χ4n) is 1.59. The molecular formula is C11H8BrF7O. The minimum Gasteiger partial charge on any atom is -0.380 e. The molecule has 1 rings (SSSR count). The summed E-state index contributed by atoms with van der Waals surface area (Å²) in [5, 5.41) is 0. The van der Waals surface area contributed by atoms with Crippen molar-refractivity contribution in [3.63, 3.8) is 0 Å². The van der Waals surface area contributed by atoms with Gasteiger partial charge in [-0.3, -0.25) is 0 Å². The van der Waals surface area contributed by atoms with Gasteiger partial charge in [0.25, 0.3) is 0 Å². The molecule has 1 nitrogen and oxygen atoms in total. The molecule has 0 heterocycles. The Morgan fingerprint density at radius 3 is 1.85 bits per heavy atom. The van der Waals surface area contributed by atoms with Crippen LogP contribution in [0.15, 0.2) is 22.7 Å². The third-order valence-corrected chi connectivity index (χ3v) is 2.91. The molecule has 0 amide bonds. The Hall–Kier alpha value is -0.830. The molecule has 114 valence electrons. The number of ether oxygens (including phenoxy) is 1. The van der Waals surface area contributed by atoms with E-state index in [1.54, 1.807) is 0 Å². The molecule has 0 fully saturated rings. The molecule has 0 atom stereocenters. The maximum Gasteiger partial charge on any atom is 0.435 e. The van der Waals surface area contributed by atoms with Gasteiger partial charge >= 0.3 is 18.0 Å². The summed E-state index contributed by atoms with van der Waals surface area (Å²) in [6.45, 7) is -0.252. The third-order valence-electron chi connectivity index (χ3n) is 2.45. The fraction of sp³-hybridized carbons (Fsp3) is 0.455. The Morgan fingerprint density at radius 1 is 0.950 bits per heavy atom. The molecule has 0 spiro atoms. The van der Waals surface area contributed by atoms with E-state index in [1.165, 1.54) is 13.2 Å².